The van der Waals surface area contributed by atoms with Gasteiger partial charge < -0.3 is 14.8 Å². The van der Waals surface area contributed by atoms with Gasteiger partial charge in [-0.2, -0.15) is 0 Å². The Morgan fingerprint density at radius 2 is 2.11 bits per heavy atom. The Hall–Kier alpha value is -1.26. The number of rotatable bonds is 3. The highest BCUT2D eigenvalue weighted by Gasteiger charge is 2.28. The van der Waals surface area contributed by atoms with Gasteiger partial charge in [0.1, 0.15) is 0 Å². The molecular weight excluding hydrogens is 240 g/mol. The van der Waals surface area contributed by atoms with Gasteiger partial charge in [0, 0.05) is 31.7 Å². The minimum atomic E-state index is 0.245. The van der Waals surface area contributed by atoms with Crippen LogP contribution >= 0.6 is 0 Å². The van der Waals surface area contributed by atoms with E-state index in [-0.39, 0.29) is 5.54 Å². The van der Waals surface area contributed by atoms with E-state index in [1.165, 1.54) is 5.56 Å². The number of piperazine rings is 1. The molecule has 104 valence electrons. The Morgan fingerprint density at radius 1 is 1.26 bits per heavy atom. The second kappa shape index (κ2) is 5.02. The second-order valence-electron chi connectivity index (χ2n) is 5.91. The lowest BCUT2D eigenvalue weighted by Crippen LogP contribution is -2.58. The molecule has 0 atom stereocenters. The van der Waals surface area contributed by atoms with Gasteiger partial charge in [0.15, 0.2) is 11.5 Å². The predicted molar refractivity (Wildman–Crippen MR) is 74.8 cm³/mol. The normalized spacial score (nSPS) is 21.6. The standard InChI is InChI=1S/C15H22N2O2/c1-15(2)10-16-6-8-17(15)7-5-12-3-4-13-14(9-12)19-11-18-13/h3-4,9,16H,5-8,10-11H2,1-2H3. The minimum absolute atomic E-state index is 0.245. The van der Waals surface area contributed by atoms with E-state index in [2.05, 4.69) is 36.2 Å². The van der Waals surface area contributed by atoms with Gasteiger partial charge in [0.2, 0.25) is 6.79 Å². The van der Waals surface area contributed by atoms with Crippen LogP contribution in [-0.2, 0) is 6.42 Å². The molecule has 0 saturated carbocycles. The molecule has 1 fully saturated rings. The first kappa shape index (κ1) is 12.8. The van der Waals surface area contributed by atoms with Crippen molar-refractivity contribution < 1.29 is 9.47 Å². The first-order valence-corrected chi connectivity index (χ1v) is 6.99. The molecule has 0 spiro atoms. The van der Waals surface area contributed by atoms with Crippen molar-refractivity contribution in [2.75, 3.05) is 33.0 Å². The lowest BCUT2D eigenvalue weighted by Gasteiger charge is -2.43. The fourth-order valence-electron chi connectivity index (χ4n) is 2.80. The van der Waals surface area contributed by atoms with Crippen molar-refractivity contribution in [3.63, 3.8) is 0 Å². The summed E-state index contributed by atoms with van der Waals surface area (Å²) in [7, 11) is 0. The molecule has 1 N–H and O–H groups in total. The molecule has 4 heteroatoms. The highest BCUT2D eigenvalue weighted by molar-refractivity contribution is 5.44. The quantitative estimate of drug-likeness (QED) is 0.898. The van der Waals surface area contributed by atoms with E-state index in [1.54, 1.807) is 0 Å². The first-order chi connectivity index (χ1) is 9.15. The number of hydrogen-bond acceptors (Lipinski definition) is 4. The van der Waals surface area contributed by atoms with Crippen molar-refractivity contribution in [2.24, 2.45) is 0 Å². The van der Waals surface area contributed by atoms with E-state index in [4.69, 9.17) is 9.47 Å². The highest BCUT2D eigenvalue weighted by atomic mass is 16.7. The highest BCUT2D eigenvalue weighted by Crippen LogP contribution is 2.32. The van der Waals surface area contributed by atoms with Crippen molar-refractivity contribution in [3.8, 4) is 11.5 Å². The van der Waals surface area contributed by atoms with Crippen LogP contribution < -0.4 is 14.8 Å². The lowest BCUT2D eigenvalue weighted by atomic mass is 9.99. The van der Waals surface area contributed by atoms with Gasteiger partial charge in [-0.25, -0.2) is 0 Å². The van der Waals surface area contributed by atoms with Crippen molar-refractivity contribution in [3.05, 3.63) is 23.8 Å². The number of hydrogen-bond donors (Lipinski definition) is 1. The summed E-state index contributed by atoms with van der Waals surface area (Å²) in [4.78, 5) is 2.56. The molecule has 19 heavy (non-hydrogen) atoms. The van der Waals surface area contributed by atoms with Gasteiger partial charge >= 0.3 is 0 Å². The van der Waals surface area contributed by atoms with E-state index >= 15 is 0 Å². The maximum Gasteiger partial charge on any atom is 0.231 e. The number of nitrogens with zero attached hydrogens (tertiary/aromatic N) is 1. The Morgan fingerprint density at radius 3 is 2.95 bits per heavy atom. The molecule has 0 amide bonds. The van der Waals surface area contributed by atoms with Crippen LogP contribution in [0.1, 0.15) is 19.4 Å². The molecule has 1 saturated heterocycles. The summed E-state index contributed by atoms with van der Waals surface area (Å²) in [5.74, 6) is 1.75. The van der Waals surface area contributed by atoms with Crippen molar-refractivity contribution >= 4 is 0 Å². The summed E-state index contributed by atoms with van der Waals surface area (Å²) in [5, 5.41) is 3.46. The topological polar surface area (TPSA) is 33.7 Å². The molecule has 0 aromatic heterocycles. The minimum Gasteiger partial charge on any atom is -0.454 e. The molecule has 0 unspecified atom stereocenters. The van der Waals surface area contributed by atoms with Crippen LogP contribution in [0, 0.1) is 0 Å². The monoisotopic (exact) mass is 262 g/mol. The van der Waals surface area contributed by atoms with Crippen LogP contribution in [0.2, 0.25) is 0 Å². The zero-order valence-corrected chi connectivity index (χ0v) is 11.7. The van der Waals surface area contributed by atoms with Crippen LogP contribution in [0.25, 0.3) is 0 Å². The fraction of sp³-hybridized carbons (Fsp3) is 0.600. The molecule has 1 aromatic carbocycles. The van der Waals surface area contributed by atoms with Crippen molar-refractivity contribution in [1.29, 1.82) is 0 Å². The number of fused-ring (bicyclic) bond motifs is 1. The molecule has 3 rings (SSSR count). The number of nitrogens with one attached hydrogen (secondary N) is 1. The van der Waals surface area contributed by atoms with Gasteiger partial charge in [-0.3, -0.25) is 4.90 Å². The van der Waals surface area contributed by atoms with Crippen LogP contribution in [0.15, 0.2) is 18.2 Å². The largest absolute Gasteiger partial charge is 0.454 e. The van der Waals surface area contributed by atoms with Crippen molar-refractivity contribution in [1.82, 2.24) is 10.2 Å². The van der Waals surface area contributed by atoms with Gasteiger partial charge in [0.25, 0.3) is 0 Å². The molecule has 1 aromatic rings. The summed E-state index contributed by atoms with van der Waals surface area (Å²) in [5.41, 5.74) is 1.56. The summed E-state index contributed by atoms with van der Waals surface area (Å²) >= 11 is 0. The third-order valence-corrected chi connectivity index (χ3v) is 4.08. The van der Waals surface area contributed by atoms with E-state index in [1.807, 2.05) is 6.07 Å². The zero-order chi connectivity index (χ0) is 13.3. The fourth-order valence-corrected chi connectivity index (χ4v) is 2.80. The summed E-state index contributed by atoms with van der Waals surface area (Å²) in [6.07, 6.45) is 1.06. The third-order valence-electron chi connectivity index (χ3n) is 4.08. The third kappa shape index (κ3) is 2.69. The predicted octanol–water partition coefficient (Wildman–Crippen LogP) is 1.64. The van der Waals surface area contributed by atoms with E-state index in [9.17, 15) is 0 Å². The number of ether oxygens (including phenoxy) is 2. The van der Waals surface area contributed by atoms with E-state index in [0.717, 1.165) is 44.1 Å². The maximum atomic E-state index is 5.43. The molecular formula is C15H22N2O2. The molecule has 2 heterocycles. The lowest BCUT2D eigenvalue weighted by molar-refractivity contribution is 0.0921. The van der Waals surface area contributed by atoms with Crippen LogP contribution in [0.3, 0.4) is 0 Å². The van der Waals surface area contributed by atoms with Crippen LogP contribution in [-0.4, -0.2) is 43.4 Å². The first-order valence-electron chi connectivity index (χ1n) is 6.99. The van der Waals surface area contributed by atoms with Crippen LogP contribution in [0.5, 0.6) is 11.5 Å². The SMILES string of the molecule is CC1(C)CNCCN1CCc1ccc2c(c1)OCO2. The van der Waals surface area contributed by atoms with Gasteiger partial charge in [-0.05, 0) is 38.0 Å². The Kier molecular flexibility index (Phi) is 3.37. The smallest absolute Gasteiger partial charge is 0.231 e. The molecule has 0 radical (unpaired) electrons. The molecule has 4 nitrogen and oxygen atoms in total. The average molecular weight is 262 g/mol. The molecule has 0 bridgehead atoms. The Labute approximate surface area is 114 Å². The second-order valence-corrected chi connectivity index (χ2v) is 5.91. The zero-order valence-electron chi connectivity index (χ0n) is 11.7. The summed E-state index contributed by atoms with van der Waals surface area (Å²) < 4.78 is 10.8. The summed E-state index contributed by atoms with van der Waals surface area (Å²) in [6.45, 7) is 9.33. The van der Waals surface area contributed by atoms with Gasteiger partial charge in [-0.15, -0.1) is 0 Å². The maximum absolute atomic E-state index is 5.43. The number of benzene rings is 1. The molecule has 2 aliphatic rings. The van der Waals surface area contributed by atoms with E-state index in [0.29, 0.717) is 6.79 Å². The Bertz CT molecular complexity index is 459. The summed E-state index contributed by atoms with van der Waals surface area (Å²) in [6, 6.07) is 6.26. The van der Waals surface area contributed by atoms with Gasteiger partial charge in [0.05, 0.1) is 0 Å². The Balaban J connectivity index is 1.62. The molecule has 2 aliphatic heterocycles. The molecule has 0 aliphatic carbocycles. The van der Waals surface area contributed by atoms with Crippen molar-refractivity contribution in [2.45, 2.75) is 25.8 Å². The van der Waals surface area contributed by atoms with Gasteiger partial charge in [-0.1, -0.05) is 6.07 Å². The van der Waals surface area contributed by atoms with Crippen LogP contribution in [0.4, 0.5) is 0 Å². The van der Waals surface area contributed by atoms with E-state index < -0.39 is 0 Å². The average Bonchev–Trinajstić information content (AvgIpc) is 2.84.